The average Bonchev–Trinajstić information content (AvgIpc) is 3.56. The smallest absolute Gasteiger partial charge is 0.410 e. The molecule has 0 aromatic carbocycles. The van der Waals surface area contributed by atoms with Crippen LogP contribution in [0.15, 0.2) is 12.5 Å². The predicted octanol–water partition coefficient (Wildman–Crippen LogP) is 5.46. The highest BCUT2D eigenvalue weighted by Gasteiger charge is 2.42. The van der Waals surface area contributed by atoms with Gasteiger partial charge in [-0.3, -0.25) is 0 Å². The molecule has 2 aliphatic heterocycles. The van der Waals surface area contributed by atoms with E-state index >= 15 is 0 Å². The van der Waals surface area contributed by atoms with Gasteiger partial charge in [0.25, 0.3) is 0 Å². The van der Waals surface area contributed by atoms with Gasteiger partial charge in [-0.05, 0) is 65.5 Å². The summed E-state index contributed by atoms with van der Waals surface area (Å²) in [6.45, 7) is 15.6. The average molecular weight is 487 g/mol. The molecule has 1 saturated carbocycles. The van der Waals surface area contributed by atoms with Gasteiger partial charge in [0, 0.05) is 37.3 Å². The Labute approximate surface area is 211 Å². The quantitative estimate of drug-likeness (QED) is 0.555. The Morgan fingerprint density at radius 1 is 1.17 bits per heavy atom. The first-order valence-electron chi connectivity index (χ1n) is 13.4. The molecule has 196 valence electrons. The third kappa shape index (κ3) is 6.66. The molecule has 2 saturated heterocycles. The third-order valence-electron chi connectivity index (χ3n) is 7.22. The van der Waals surface area contributed by atoms with Crippen molar-refractivity contribution in [3.05, 3.63) is 18.1 Å². The lowest BCUT2D eigenvalue weighted by atomic mass is 9.87. The van der Waals surface area contributed by atoms with Crippen molar-refractivity contribution in [3.8, 4) is 0 Å². The Balaban J connectivity index is 0.000000183. The topological polar surface area (TPSA) is 98.3 Å². The molecule has 5 rings (SSSR count). The molecule has 2 aromatic heterocycles. The van der Waals surface area contributed by atoms with E-state index in [1.807, 2.05) is 39.5 Å². The summed E-state index contributed by atoms with van der Waals surface area (Å²) in [6.07, 6.45) is 12.4. The standard InChI is InChI=1S/C13H18N4.C12H22N2O2.C2H6/c1-9-7-17(10-5-3-2-4-6-10)13-11(9)12(14)15-8-16-13;1-11(2,3)16-10(15)14-7-5-12(9-14)4-6-13-8-12;1-2/h7-8,10H,2-6H2,1H3,(H2,14,15,16);13H,4-9H2,1-3H3;1-2H3. The van der Waals surface area contributed by atoms with Crippen LogP contribution < -0.4 is 11.1 Å². The molecule has 3 aliphatic rings. The van der Waals surface area contributed by atoms with Crippen molar-refractivity contribution >= 4 is 22.9 Å². The van der Waals surface area contributed by atoms with Gasteiger partial charge in [-0.25, -0.2) is 14.8 Å². The van der Waals surface area contributed by atoms with Crippen molar-refractivity contribution in [1.82, 2.24) is 24.8 Å². The van der Waals surface area contributed by atoms with Crippen LogP contribution in [0.1, 0.15) is 91.2 Å². The molecular weight excluding hydrogens is 440 g/mol. The summed E-state index contributed by atoms with van der Waals surface area (Å²) in [5, 5.41) is 4.41. The van der Waals surface area contributed by atoms with Gasteiger partial charge in [-0.1, -0.05) is 33.1 Å². The van der Waals surface area contributed by atoms with Crippen LogP contribution in [0, 0.1) is 12.3 Å². The van der Waals surface area contributed by atoms with Gasteiger partial charge >= 0.3 is 6.09 Å². The molecule has 1 aliphatic carbocycles. The second kappa shape index (κ2) is 11.6. The lowest BCUT2D eigenvalue weighted by Crippen LogP contribution is -2.37. The number of ether oxygens (including phenoxy) is 1. The summed E-state index contributed by atoms with van der Waals surface area (Å²) < 4.78 is 7.70. The van der Waals surface area contributed by atoms with E-state index in [1.165, 1.54) is 44.1 Å². The van der Waals surface area contributed by atoms with Crippen molar-refractivity contribution in [2.24, 2.45) is 5.41 Å². The van der Waals surface area contributed by atoms with Gasteiger partial charge in [0.15, 0.2) is 0 Å². The van der Waals surface area contributed by atoms with Crippen molar-refractivity contribution in [2.75, 3.05) is 31.9 Å². The van der Waals surface area contributed by atoms with Crippen molar-refractivity contribution in [3.63, 3.8) is 0 Å². The zero-order chi connectivity index (χ0) is 25.6. The van der Waals surface area contributed by atoms with Crippen LogP contribution in [0.5, 0.6) is 0 Å². The van der Waals surface area contributed by atoms with Crippen LogP contribution >= 0.6 is 0 Å². The van der Waals surface area contributed by atoms with Crippen LogP contribution in [-0.2, 0) is 4.74 Å². The van der Waals surface area contributed by atoms with Crippen LogP contribution in [0.3, 0.4) is 0 Å². The van der Waals surface area contributed by atoms with E-state index < -0.39 is 0 Å². The van der Waals surface area contributed by atoms with E-state index in [9.17, 15) is 4.79 Å². The van der Waals surface area contributed by atoms with Gasteiger partial charge in [0.2, 0.25) is 0 Å². The van der Waals surface area contributed by atoms with Gasteiger partial charge in [-0.2, -0.15) is 0 Å². The number of hydrogen-bond donors (Lipinski definition) is 2. The zero-order valence-corrected chi connectivity index (χ0v) is 22.7. The molecule has 1 unspecified atom stereocenters. The number of aryl methyl sites for hydroxylation is 1. The predicted molar refractivity (Wildman–Crippen MR) is 142 cm³/mol. The monoisotopic (exact) mass is 486 g/mol. The Morgan fingerprint density at radius 2 is 1.89 bits per heavy atom. The van der Waals surface area contributed by atoms with Crippen molar-refractivity contribution in [1.29, 1.82) is 0 Å². The van der Waals surface area contributed by atoms with E-state index in [-0.39, 0.29) is 11.7 Å². The number of nitrogens with two attached hydrogens (primary N) is 1. The maximum atomic E-state index is 11.9. The number of nitrogens with one attached hydrogen (secondary N) is 1. The van der Waals surface area contributed by atoms with Crippen molar-refractivity contribution in [2.45, 2.75) is 98.1 Å². The third-order valence-corrected chi connectivity index (χ3v) is 7.22. The summed E-state index contributed by atoms with van der Waals surface area (Å²) in [5.74, 6) is 0.599. The van der Waals surface area contributed by atoms with E-state index in [4.69, 9.17) is 10.5 Å². The highest BCUT2D eigenvalue weighted by atomic mass is 16.6. The van der Waals surface area contributed by atoms with Crippen LogP contribution in [0.2, 0.25) is 0 Å². The van der Waals surface area contributed by atoms with Crippen LogP contribution in [-0.4, -0.2) is 57.3 Å². The van der Waals surface area contributed by atoms with E-state index in [0.717, 1.165) is 43.6 Å². The van der Waals surface area contributed by atoms with Crippen LogP contribution in [0.4, 0.5) is 10.6 Å². The number of nitrogen functional groups attached to an aromatic ring is 1. The summed E-state index contributed by atoms with van der Waals surface area (Å²) in [6, 6.07) is 0.592. The number of nitrogens with zero attached hydrogens (tertiary/aromatic N) is 4. The number of carbonyl (C=O) groups excluding carboxylic acids is 1. The van der Waals surface area contributed by atoms with E-state index in [0.29, 0.717) is 17.3 Å². The molecule has 0 bridgehead atoms. The molecular formula is C27H46N6O2. The molecule has 8 heteroatoms. The Hall–Kier alpha value is -2.35. The van der Waals surface area contributed by atoms with Gasteiger partial charge in [0.05, 0.1) is 5.39 Å². The lowest BCUT2D eigenvalue weighted by Gasteiger charge is -2.26. The zero-order valence-electron chi connectivity index (χ0n) is 22.7. The highest BCUT2D eigenvalue weighted by molar-refractivity contribution is 5.89. The van der Waals surface area contributed by atoms with Gasteiger partial charge < -0.3 is 25.3 Å². The molecule has 35 heavy (non-hydrogen) atoms. The molecule has 3 fully saturated rings. The first-order valence-corrected chi connectivity index (χ1v) is 13.4. The minimum absolute atomic E-state index is 0.156. The second-order valence-electron chi connectivity index (χ2n) is 11.0. The minimum atomic E-state index is -0.388. The second-order valence-corrected chi connectivity index (χ2v) is 11.0. The minimum Gasteiger partial charge on any atom is -0.444 e. The van der Waals surface area contributed by atoms with E-state index in [2.05, 4.69) is 33.0 Å². The fraction of sp³-hybridized carbons (Fsp3) is 0.741. The maximum Gasteiger partial charge on any atom is 0.410 e. The normalized spacial score (nSPS) is 22.5. The number of rotatable bonds is 1. The first-order chi connectivity index (χ1) is 16.7. The molecule has 0 radical (unpaired) electrons. The lowest BCUT2D eigenvalue weighted by molar-refractivity contribution is 0.0276. The van der Waals surface area contributed by atoms with Crippen molar-refractivity contribution < 1.29 is 9.53 Å². The summed E-state index contributed by atoms with van der Waals surface area (Å²) in [5.41, 5.74) is 8.06. The number of likely N-dealkylation sites (tertiary alicyclic amines) is 1. The largest absolute Gasteiger partial charge is 0.444 e. The molecule has 1 amide bonds. The molecule has 1 atom stereocenters. The highest BCUT2D eigenvalue weighted by Crippen LogP contribution is 2.36. The maximum absolute atomic E-state index is 11.9. The molecule has 4 heterocycles. The number of amides is 1. The summed E-state index contributed by atoms with van der Waals surface area (Å²) in [7, 11) is 0. The fourth-order valence-electron chi connectivity index (χ4n) is 5.50. The van der Waals surface area contributed by atoms with Gasteiger partial charge in [0.1, 0.15) is 23.4 Å². The Bertz CT molecular complexity index is 968. The van der Waals surface area contributed by atoms with Gasteiger partial charge in [-0.15, -0.1) is 0 Å². The first kappa shape index (κ1) is 27.2. The molecule has 2 aromatic rings. The molecule has 1 spiro atoms. The molecule has 3 N–H and O–H groups in total. The SMILES string of the molecule is CC.CC(C)(C)OC(=O)N1CCC2(CCNC2)C1.Cc1cn(C2CCCCC2)c2ncnc(N)c12. The number of anilines is 1. The fourth-order valence-corrected chi connectivity index (χ4v) is 5.50. The number of fused-ring (bicyclic) bond motifs is 1. The number of carbonyl (C=O) groups is 1. The summed E-state index contributed by atoms with van der Waals surface area (Å²) >= 11 is 0. The Morgan fingerprint density at radius 3 is 2.51 bits per heavy atom. The molecule has 8 nitrogen and oxygen atoms in total. The van der Waals surface area contributed by atoms with Crippen LogP contribution in [0.25, 0.3) is 11.0 Å². The number of hydrogen-bond acceptors (Lipinski definition) is 6. The Kier molecular flexibility index (Phi) is 9.02. The van der Waals surface area contributed by atoms with E-state index in [1.54, 1.807) is 6.33 Å². The number of aromatic nitrogens is 3. The summed E-state index contributed by atoms with van der Waals surface area (Å²) in [4.78, 5) is 22.2.